The van der Waals surface area contributed by atoms with Gasteiger partial charge in [0.1, 0.15) is 0 Å². The Kier molecular flexibility index (Phi) is 5.63. The fraction of sp³-hybridized carbons (Fsp3) is 0.250. The lowest BCUT2D eigenvalue weighted by atomic mass is 10.1. The first-order chi connectivity index (χ1) is 12.5. The van der Waals surface area contributed by atoms with Crippen molar-refractivity contribution in [2.24, 2.45) is 0 Å². The number of carbonyl (C=O) groups excluding carboxylic acids is 2. The van der Waals surface area contributed by atoms with Crippen LogP contribution in [0.15, 0.2) is 54.9 Å². The molecule has 5 nitrogen and oxygen atoms in total. The lowest BCUT2D eigenvalue weighted by Gasteiger charge is -2.18. The quantitative estimate of drug-likeness (QED) is 0.640. The number of thiophene rings is 1. The molecule has 3 aromatic rings. The third-order valence-corrected chi connectivity index (χ3v) is 5.17. The molecule has 0 aliphatic carbocycles. The molecule has 0 radical (unpaired) electrons. The van der Waals surface area contributed by atoms with Gasteiger partial charge in [-0.15, -0.1) is 11.3 Å². The van der Waals surface area contributed by atoms with Crippen LogP contribution in [0.3, 0.4) is 0 Å². The Morgan fingerprint density at radius 1 is 1.15 bits per heavy atom. The molecule has 2 aromatic heterocycles. The number of hydrogen-bond donors (Lipinski definition) is 1. The number of nitrogens with zero attached hydrogens (tertiary/aromatic N) is 2. The minimum absolute atomic E-state index is 0.0165. The van der Waals surface area contributed by atoms with Gasteiger partial charge in [0.05, 0.1) is 16.6 Å². The van der Waals surface area contributed by atoms with Crippen LogP contribution in [0.2, 0.25) is 0 Å². The molecule has 0 saturated carbocycles. The predicted octanol–water partition coefficient (Wildman–Crippen LogP) is 4.08. The average molecular weight is 367 g/mol. The molecule has 1 atom stereocenters. The lowest BCUT2D eigenvalue weighted by molar-refractivity contribution is -0.121. The van der Waals surface area contributed by atoms with Crippen LogP contribution in [0.4, 0.5) is 0 Å². The Morgan fingerprint density at radius 3 is 2.65 bits per heavy atom. The highest BCUT2D eigenvalue weighted by atomic mass is 32.1. The molecule has 0 fully saturated rings. The topological polar surface area (TPSA) is 64.0 Å². The van der Waals surface area contributed by atoms with Gasteiger partial charge in [-0.2, -0.15) is 5.10 Å². The van der Waals surface area contributed by atoms with Gasteiger partial charge in [0.15, 0.2) is 5.78 Å². The highest BCUT2D eigenvalue weighted by molar-refractivity contribution is 7.14. The molecule has 0 saturated heterocycles. The van der Waals surface area contributed by atoms with Gasteiger partial charge in [-0.25, -0.2) is 4.68 Å². The number of aryl methyl sites for hydroxylation is 1. The molecule has 2 heterocycles. The molecule has 1 N–H and O–H groups in total. The molecule has 3 rings (SSSR count). The number of nitrogens with one attached hydrogen (secondary N) is 1. The molecule has 1 aromatic carbocycles. The van der Waals surface area contributed by atoms with E-state index >= 15 is 0 Å². The maximum atomic E-state index is 12.3. The number of benzene rings is 1. The smallest absolute Gasteiger partial charge is 0.220 e. The normalized spacial score (nSPS) is 11.9. The van der Waals surface area contributed by atoms with Crippen molar-refractivity contribution >= 4 is 23.0 Å². The van der Waals surface area contributed by atoms with Crippen molar-refractivity contribution in [1.82, 2.24) is 15.1 Å². The molecular weight excluding hydrogens is 346 g/mol. The number of para-hydroxylation sites is 1. The van der Waals surface area contributed by atoms with Crippen LogP contribution < -0.4 is 5.32 Å². The summed E-state index contributed by atoms with van der Waals surface area (Å²) < 4.78 is 1.78. The van der Waals surface area contributed by atoms with E-state index < -0.39 is 0 Å². The van der Waals surface area contributed by atoms with Gasteiger partial charge in [0.25, 0.3) is 0 Å². The number of Topliss-reactive ketones (excluding diaryl/α,β-unsaturated/α-hetero) is 1. The molecular formula is C20H21N3O2S. The van der Waals surface area contributed by atoms with Gasteiger partial charge in [0.2, 0.25) is 5.91 Å². The monoisotopic (exact) mass is 367 g/mol. The van der Waals surface area contributed by atoms with E-state index in [2.05, 4.69) is 10.4 Å². The third kappa shape index (κ3) is 4.26. The van der Waals surface area contributed by atoms with E-state index in [-0.39, 0.29) is 30.6 Å². The zero-order valence-electron chi connectivity index (χ0n) is 14.8. The lowest BCUT2D eigenvalue weighted by Crippen LogP contribution is -2.27. The molecule has 134 valence electrons. The summed E-state index contributed by atoms with van der Waals surface area (Å²) in [5.41, 5.74) is 1.90. The van der Waals surface area contributed by atoms with E-state index in [1.54, 1.807) is 10.9 Å². The van der Waals surface area contributed by atoms with Crippen LogP contribution in [0.25, 0.3) is 5.69 Å². The van der Waals surface area contributed by atoms with Crippen molar-refractivity contribution in [1.29, 1.82) is 0 Å². The van der Waals surface area contributed by atoms with Crippen LogP contribution in [0, 0.1) is 6.92 Å². The number of aromatic nitrogens is 2. The fourth-order valence-corrected chi connectivity index (χ4v) is 3.63. The van der Waals surface area contributed by atoms with Crippen molar-refractivity contribution in [3.05, 3.63) is 70.2 Å². The number of ketones is 1. The van der Waals surface area contributed by atoms with Crippen LogP contribution in [-0.4, -0.2) is 21.5 Å². The second-order valence-electron chi connectivity index (χ2n) is 6.13. The van der Waals surface area contributed by atoms with E-state index in [9.17, 15) is 9.59 Å². The zero-order chi connectivity index (χ0) is 18.5. The molecule has 0 aliphatic rings. The Balaban J connectivity index is 1.61. The number of amides is 1. The van der Waals surface area contributed by atoms with E-state index in [0.29, 0.717) is 4.88 Å². The van der Waals surface area contributed by atoms with E-state index in [1.807, 2.05) is 62.5 Å². The summed E-state index contributed by atoms with van der Waals surface area (Å²) in [5, 5.41) is 7.25. The van der Waals surface area contributed by atoms with Crippen LogP contribution in [0.5, 0.6) is 0 Å². The van der Waals surface area contributed by atoms with E-state index in [1.165, 1.54) is 11.3 Å². The van der Waals surface area contributed by atoms with Gasteiger partial charge in [0, 0.05) is 30.1 Å². The van der Waals surface area contributed by atoms with Crippen molar-refractivity contribution in [2.45, 2.75) is 32.7 Å². The van der Waals surface area contributed by atoms with Crippen molar-refractivity contribution in [3.8, 4) is 5.69 Å². The summed E-state index contributed by atoms with van der Waals surface area (Å²) >= 11 is 1.47. The standard InChI is InChI=1S/C20H21N3O2S/c1-14-8-10-19(26-14)18(24)9-11-20(25)22-15(2)16-6-3-4-7-17(16)23-13-5-12-21-23/h3-8,10,12-13,15H,9,11H2,1-2H3,(H,22,25). The summed E-state index contributed by atoms with van der Waals surface area (Å²) in [4.78, 5) is 26.2. The summed E-state index contributed by atoms with van der Waals surface area (Å²) in [6.07, 6.45) is 4.00. The summed E-state index contributed by atoms with van der Waals surface area (Å²) in [6.45, 7) is 3.90. The average Bonchev–Trinajstić information content (AvgIpc) is 3.31. The Bertz CT molecular complexity index is 899. The van der Waals surface area contributed by atoms with Crippen LogP contribution in [0.1, 0.15) is 45.9 Å². The summed E-state index contributed by atoms with van der Waals surface area (Å²) in [6, 6.07) is 13.2. The van der Waals surface area contributed by atoms with E-state index in [4.69, 9.17) is 0 Å². The Hall–Kier alpha value is -2.73. The van der Waals surface area contributed by atoms with Gasteiger partial charge in [-0.3, -0.25) is 9.59 Å². The van der Waals surface area contributed by atoms with Crippen molar-refractivity contribution < 1.29 is 9.59 Å². The maximum Gasteiger partial charge on any atom is 0.220 e. The summed E-state index contributed by atoms with van der Waals surface area (Å²) in [7, 11) is 0. The predicted molar refractivity (Wildman–Crippen MR) is 103 cm³/mol. The molecule has 0 bridgehead atoms. The molecule has 26 heavy (non-hydrogen) atoms. The van der Waals surface area contributed by atoms with Crippen molar-refractivity contribution in [3.63, 3.8) is 0 Å². The van der Waals surface area contributed by atoms with Gasteiger partial charge in [-0.05, 0) is 43.7 Å². The van der Waals surface area contributed by atoms with Gasteiger partial charge < -0.3 is 5.32 Å². The third-order valence-electron chi connectivity index (χ3n) is 4.13. The Labute approximate surface area is 156 Å². The first kappa shape index (κ1) is 18.1. The largest absolute Gasteiger partial charge is 0.349 e. The zero-order valence-corrected chi connectivity index (χ0v) is 15.6. The number of rotatable bonds is 7. The molecule has 1 unspecified atom stereocenters. The van der Waals surface area contributed by atoms with Crippen LogP contribution in [-0.2, 0) is 4.79 Å². The number of hydrogen-bond acceptors (Lipinski definition) is 4. The fourth-order valence-electron chi connectivity index (χ4n) is 2.80. The Morgan fingerprint density at radius 2 is 1.96 bits per heavy atom. The minimum atomic E-state index is -0.179. The van der Waals surface area contributed by atoms with Crippen LogP contribution >= 0.6 is 11.3 Å². The number of carbonyl (C=O) groups is 2. The highest BCUT2D eigenvalue weighted by Gasteiger charge is 2.16. The maximum absolute atomic E-state index is 12.3. The molecule has 0 spiro atoms. The second-order valence-corrected chi connectivity index (χ2v) is 7.42. The SMILES string of the molecule is Cc1ccc(C(=O)CCC(=O)NC(C)c2ccccc2-n2cccn2)s1. The molecule has 6 heteroatoms. The highest BCUT2D eigenvalue weighted by Crippen LogP contribution is 2.21. The molecule has 1 amide bonds. The van der Waals surface area contributed by atoms with E-state index in [0.717, 1.165) is 16.1 Å². The second kappa shape index (κ2) is 8.10. The van der Waals surface area contributed by atoms with Gasteiger partial charge in [-0.1, -0.05) is 18.2 Å². The summed E-state index contributed by atoms with van der Waals surface area (Å²) in [5.74, 6) is -0.114. The van der Waals surface area contributed by atoms with Crippen molar-refractivity contribution in [2.75, 3.05) is 0 Å². The van der Waals surface area contributed by atoms with Gasteiger partial charge >= 0.3 is 0 Å². The molecule has 0 aliphatic heterocycles. The first-order valence-electron chi connectivity index (χ1n) is 8.52. The minimum Gasteiger partial charge on any atom is -0.349 e. The first-order valence-corrected chi connectivity index (χ1v) is 9.34.